The van der Waals surface area contributed by atoms with Gasteiger partial charge in [0.15, 0.2) is 0 Å². The number of aromatic hydroxyl groups is 1. The van der Waals surface area contributed by atoms with Gasteiger partial charge in [-0.1, -0.05) is 12.1 Å². The van der Waals surface area contributed by atoms with E-state index in [0.29, 0.717) is 24.4 Å². The Balaban J connectivity index is 2.17. The van der Waals surface area contributed by atoms with E-state index in [0.717, 1.165) is 10.9 Å². The fourth-order valence-corrected chi connectivity index (χ4v) is 2.35. The molecule has 0 fully saturated rings. The van der Waals surface area contributed by atoms with Gasteiger partial charge in [0, 0.05) is 23.9 Å². The molecule has 0 amide bonds. The molecule has 0 aliphatic rings. The zero-order valence-electron chi connectivity index (χ0n) is 11.7. The highest BCUT2D eigenvalue weighted by Crippen LogP contribution is 2.25. The molecule has 0 bridgehead atoms. The molecular weight excluding hydrogens is 288 g/mol. The third kappa shape index (κ3) is 3.65. The van der Waals surface area contributed by atoms with Gasteiger partial charge in [0.2, 0.25) is 0 Å². The van der Waals surface area contributed by atoms with Crippen molar-refractivity contribution < 1.29 is 14.6 Å². The maximum atomic E-state index is 11.7. The van der Waals surface area contributed by atoms with Crippen LogP contribution in [0, 0.1) is 0 Å². The largest absolute Gasteiger partial charge is 0.506 e. The summed E-state index contributed by atoms with van der Waals surface area (Å²) in [6.07, 6.45) is 1.63. The van der Waals surface area contributed by atoms with E-state index in [1.165, 1.54) is 0 Å². The van der Waals surface area contributed by atoms with Crippen LogP contribution in [0.5, 0.6) is 5.75 Å². The van der Waals surface area contributed by atoms with E-state index in [9.17, 15) is 9.90 Å². The Labute approximate surface area is 128 Å². The minimum absolute atomic E-state index is 0.144. The number of phenolic OH excluding ortho intramolecular Hbond substituents is 1. The van der Waals surface area contributed by atoms with Gasteiger partial charge in [-0.15, -0.1) is 0 Å². The van der Waals surface area contributed by atoms with Crippen LogP contribution in [0.25, 0.3) is 10.9 Å². The Morgan fingerprint density at radius 2 is 2.29 bits per heavy atom. The molecule has 1 aromatic carbocycles. The van der Waals surface area contributed by atoms with Gasteiger partial charge in [-0.25, -0.2) is 0 Å². The molecule has 0 saturated carbocycles. The number of ether oxygens (including phenoxy) is 1. The quantitative estimate of drug-likeness (QED) is 0.561. The number of benzene rings is 1. The molecule has 1 heterocycles. The number of hydrogen-bond donors (Lipinski definition) is 3. The summed E-state index contributed by atoms with van der Waals surface area (Å²) in [5.74, 6) is 0.187. The number of pyridine rings is 1. The fourth-order valence-electron chi connectivity index (χ4n) is 2.07. The van der Waals surface area contributed by atoms with Crippen molar-refractivity contribution in [1.29, 1.82) is 0 Å². The van der Waals surface area contributed by atoms with E-state index in [4.69, 9.17) is 4.74 Å². The summed E-state index contributed by atoms with van der Waals surface area (Å²) in [7, 11) is 0. The van der Waals surface area contributed by atoms with Crippen molar-refractivity contribution in [3.05, 3.63) is 36.0 Å². The molecule has 0 spiro atoms. The molecular formula is C15H18N2O3S. The van der Waals surface area contributed by atoms with Crippen LogP contribution in [-0.2, 0) is 16.1 Å². The summed E-state index contributed by atoms with van der Waals surface area (Å²) in [5, 5.41) is 13.8. The molecule has 1 aromatic heterocycles. The van der Waals surface area contributed by atoms with Gasteiger partial charge in [-0.2, -0.15) is 12.6 Å². The normalized spacial score (nSPS) is 12.3. The van der Waals surface area contributed by atoms with E-state index in [2.05, 4.69) is 22.9 Å². The van der Waals surface area contributed by atoms with Gasteiger partial charge in [-0.05, 0) is 24.6 Å². The second-order valence-electron chi connectivity index (χ2n) is 4.51. The molecule has 112 valence electrons. The molecule has 0 saturated heterocycles. The highest BCUT2D eigenvalue weighted by Gasteiger charge is 2.17. The van der Waals surface area contributed by atoms with Crippen LogP contribution in [0.15, 0.2) is 30.5 Å². The fraction of sp³-hybridized carbons (Fsp3) is 0.333. The number of esters is 1. The lowest BCUT2D eigenvalue weighted by Crippen LogP contribution is -2.39. The van der Waals surface area contributed by atoms with Gasteiger partial charge in [0.25, 0.3) is 0 Å². The zero-order chi connectivity index (χ0) is 15.2. The van der Waals surface area contributed by atoms with E-state index in [-0.39, 0.29) is 11.7 Å². The van der Waals surface area contributed by atoms with E-state index in [1.807, 2.05) is 18.2 Å². The lowest BCUT2D eigenvalue weighted by molar-refractivity contribution is -0.145. The van der Waals surface area contributed by atoms with Gasteiger partial charge >= 0.3 is 5.97 Å². The van der Waals surface area contributed by atoms with E-state index in [1.54, 1.807) is 19.2 Å². The summed E-state index contributed by atoms with van der Waals surface area (Å²) in [5.41, 5.74) is 1.50. The van der Waals surface area contributed by atoms with Crippen LogP contribution < -0.4 is 5.32 Å². The lowest BCUT2D eigenvalue weighted by atomic mass is 10.1. The number of hydrogen-bond acceptors (Lipinski definition) is 6. The number of thiol groups is 1. The molecule has 1 atom stereocenters. The lowest BCUT2D eigenvalue weighted by Gasteiger charge is -2.16. The average molecular weight is 306 g/mol. The molecule has 0 aliphatic heterocycles. The molecule has 2 aromatic rings. The van der Waals surface area contributed by atoms with E-state index >= 15 is 0 Å². The van der Waals surface area contributed by atoms with Crippen molar-refractivity contribution >= 4 is 29.5 Å². The number of carbonyl (C=O) groups excluding carboxylic acids is 1. The maximum absolute atomic E-state index is 11.7. The predicted molar refractivity (Wildman–Crippen MR) is 84.5 cm³/mol. The van der Waals surface area contributed by atoms with Crippen LogP contribution in [0.2, 0.25) is 0 Å². The minimum atomic E-state index is -0.464. The van der Waals surface area contributed by atoms with Crippen molar-refractivity contribution in [3.8, 4) is 5.75 Å². The maximum Gasteiger partial charge on any atom is 0.323 e. The molecule has 0 aliphatic carbocycles. The Morgan fingerprint density at radius 1 is 1.48 bits per heavy atom. The number of fused-ring (bicyclic) bond motifs is 1. The van der Waals surface area contributed by atoms with Gasteiger partial charge in [0.05, 0.1) is 6.61 Å². The topological polar surface area (TPSA) is 71.5 Å². The number of nitrogens with zero attached hydrogens (tertiary/aromatic N) is 1. The minimum Gasteiger partial charge on any atom is -0.506 e. The van der Waals surface area contributed by atoms with Gasteiger partial charge < -0.3 is 9.84 Å². The van der Waals surface area contributed by atoms with Crippen LogP contribution >= 0.6 is 12.6 Å². The summed E-state index contributed by atoms with van der Waals surface area (Å²) in [6.45, 7) is 2.58. The molecule has 6 heteroatoms. The first-order valence-electron chi connectivity index (χ1n) is 6.73. The molecule has 2 N–H and O–H groups in total. The third-order valence-electron chi connectivity index (χ3n) is 3.13. The smallest absolute Gasteiger partial charge is 0.323 e. The average Bonchev–Trinajstić information content (AvgIpc) is 2.50. The number of rotatable bonds is 6. The number of phenols is 1. The highest BCUT2D eigenvalue weighted by atomic mass is 32.1. The summed E-state index contributed by atoms with van der Waals surface area (Å²) < 4.78 is 4.99. The SMILES string of the molecule is CCOC(=O)C(CS)NCc1ccc(O)c2ncccc12. The summed E-state index contributed by atoms with van der Waals surface area (Å²) in [6, 6.07) is 6.65. The first kappa shape index (κ1) is 15.6. The molecule has 1 unspecified atom stereocenters. The van der Waals surface area contributed by atoms with Crippen molar-refractivity contribution in [2.45, 2.75) is 19.5 Å². The first-order valence-corrected chi connectivity index (χ1v) is 7.37. The Kier molecular flexibility index (Phi) is 5.41. The van der Waals surface area contributed by atoms with Crippen LogP contribution in [0.4, 0.5) is 0 Å². The molecule has 2 rings (SSSR count). The van der Waals surface area contributed by atoms with Crippen LogP contribution in [-0.4, -0.2) is 34.5 Å². The standard InChI is InChI=1S/C15H18N2O3S/c1-2-20-15(19)12(9-21)17-8-10-5-6-13(18)14-11(10)4-3-7-16-14/h3-7,12,17-18,21H,2,8-9H2,1H3. The van der Waals surface area contributed by atoms with Crippen molar-refractivity contribution in [2.75, 3.05) is 12.4 Å². The second-order valence-corrected chi connectivity index (χ2v) is 4.88. The second kappa shape index (κ2) is 7.28. The van der Waals surface area contributed by atoms with Gasteiger partial charge in [0.1, 0.15) is 17.3 Å². The predicted octanol–water partition coefficient (Wildman–Crippen LogP) is 1.89. The Hall–Kier alpha value is -1.79. The first-order chi connectivity index (χ1) is 10.2. The Morgan fingerprint density at radius 3 is 3.00 bits per heavy atom. The van der Waals surface area contributed by atoms with Crippen molar-refractivity contribution in [3.63, 3.8) is 0 Å². The van der Waals surface area contributed by atoms with Crippen LogP contribution in [0.3, 0.4) is 0 Å². The van der Waals surface area contributed by atoms with Crippen molar-refractivity contribution in [2.24, 2.45) is 0 Å². The molecule has 0 radical (unpaired) electrons. The summed E-state index contributed by atoms with van der Waals surface area (Å²) >= 11 is 4.17. The van der Waals surface area contributed by atoms with Crippen molar-refractivity contribution in [1.82, 2.24) is 10.3 Å². The highest BCUT2D eigenvalue weighted by molar-refractivity contribution is 7.80. The molecule has 21 heavy (non-hydrogen) atoms. The number of carbonyl (C=O) groups is 1. The summed E-state index contributed by atoms with van der Waals surface area (Å²) in [4.78, 5) is 15.9. The van der Waals surface area contributed by atoms with E-state index < -0.39 is 6.04 Å². The van der Waals surface area contributed by atoms with Crippen LogP contribution in [0.1, 0.15) is 12.5 Å². The monoisotopic (exact) mass is 306 g/mol. The Bertz CT molecular complexity index is 633. The zero-order valence-corrected chi connectivity index (χ0v) is 12.6. The third-order valence-corrected chi connectivity index (χ3v) is 3.50. The molecule has 5 nitrogen and oxygen atoms in total. The number of nitrogens with one attached hydrogen (secondary N) is 1. The van der Waals surface area contributed by atoms with Gasteiger partial charge in [-0.3, -0.25) is 15.1 Å². The number of aromatic nitrogens is 1.